The Kier molecular flexibility index (Phi) is 4.59. The summed E-state index contributed by atoms with van der Waals surface area (Å²) >= 11 is 0. The molecule has 0 amide bonds. The molecular weight excluding hydrogens is 188 g/mol. The molecule has 0 heterocycles. The Bertz CT molecular complexity index is 284. The third kappa shape index (κ3) is 3.90. The summed E-state index contributed by atoms with van der Waals surface area (Å²) in [5, 5.41) is 1.84. The summed E-state index contributed by atoms with van der Waals surface area (Å²) in [5.41, 5.74) is 7.79. The van der Waals surface area contributed by atoms with Gasteiger partial charge in [0.15, 0.2) is 0 Å². The van der Waals surface area contributed by atoms with E-state index in [0.29, 0.717) is 5.92 Å². The van der Waals surface area contributed by atoms with Crippen LogP contribution >= 0.6 is 0 Å². The van der Waals surface area contributed by atoms with Crippen molar-refractivity contribution in [3.8, 4) is 0 Å². The summed E-state index contributed by atoms with van der Waals surface area (Å²) in [6.07, 6.45) is 1.08. The van der Waals surface area contributed by atoms with Crippen LogP contribution in [0, 0.1) is 0 Å². The highest BCUT2D eigenvalue weighted by Crippen LogP contribution is 2.20. The maximum absolute atomic E-state index is 5.64. The van der Waals surface area contributed by atoms with Gasteiger partial charge in [-0.1, -0.05) is 19.1 Å². The molecule has 3 nitrogen and oxygen atoms in total. The number of hydrogen-bond acceptors (Lipinski definition) is 3. The largest absolute Gasteiger partial charge is 0.399 e. The van der Waals surface area contributed by atoms with E-state index in [9.17, 15) is 0 Å². The molecule has 2 N–H and O–H groups in total. The van der Waals surface area contributed by atoms with Crippen LogP contribution in [0.4, 0.5) is 5.69 Å². The SMILES string of the molecule is CON(C)CCC(C)c1ccc(N)cc1. The van der Waals surface area contributed by atoms with Crippen molar-refractivity contribution in [3.05, 3.63) is 29.8 Å². The first-order valence-electron chi connectivity index (χ1n) is 5.24. The molecule has 0 aliphatic heterocycles. The average molecular weight is 208 g/mol. The minimum absolute atomic E-state index is 0.531. The molecule has 15 heavy (non-hydrogen) atoms. The Morgan fingerprint density at radius 2 is 1.93 bits per heavy atom. The molecule has 0 bridgehead atoms. The lowest BCUT2D eigenvalue weighted by Gasteiger charge is -2.17. The van der Waals surface area contributed by atoms with E-state index in [-0.39, 0.29) is 0 Å². The fourth-order valence-corrected chi connectivity index (χ4v) is 1.46. The van der Waals surface area contributed by atoms with Gasteiger partial charge in [0.25, 0.3) is 0 Å². The zero-order chi connectivity index (χ0) is 11.3. The molecule has 84 valence electrons. The predicted octanol–water partition coefficient (Wildman–Crippen LogP) is 2.26. The molecular formula is C12H20N2O. The van der Waals surface area contributed by atoms with Crippen LogP contribution in [0.25, 0.3) is 0 Å². The van der Waals surface area contributed by atoms with Crippen LogP contribution in [0.3, 0.4) is 0 Å². The van der Waals surface area contributed by atoms with Crippen LogP contribution in [0.15, 0.2) is 24.3 Å². The number of benzene rings is 1. The fourth-order valence-electron chi connectivity index (χ4n) is 1.46. The van der Waals surface area contributed by atoms with E-state index in [4.69, 9.17) is 10.6 Å². The third-order valence-electron chi connectivity index (χ3n) is 2.69. The average Bonchev–Trinajstić information content (AvgIpc) is 2.26. The third-order valence-corrected chi connectivity index (χ3v) is 2.69. The zero-order valence-corrected chi connectivity index (χ0v) is 9.73. The molecule has 1 aromatic rings. The van der Waals surface area contributed by atoms with E-state index >= 15 is 0 Å². The maximum Gasteiger partial charge on any atom is 0.0575 e. The van der Waals surface area contributed by atoms with E-state index in [2.05, 4.69) is 19.1 Å². The predicted molar refractivity (Wildman–Crippen MR) is 63.5 cm³/mol. The van der Waals surface area contributed by atoms with E-state index < -0.39 is 0 Å². The highest BCUT2D eigenvalue weighted by molar-refractivity contribution is 5.40. The quantitative estimate of drug-likeness (QED) is 0.596. The molecule has 0 fully saturated rings. The standard InChI is InChI=1S/C12H20N2O/c1-10(8-9-14(2)15-3)11-4-6-12(13)7-5-11/h4-7,10H,8-9,13H2,1-3H3. The Hall–Kier alpha value is -1.06. The number of hydroxylamine groups is 2. The van der Waals surface area contributed by atoms with Gasteiger partial charge in [0.1, 0.15) is 0 Å². The van der Waals surface area contributed by atoms with Gasteiger partial charge in [-0.15, -0.1) is 0 Å². The van der Waals surface area contributed by atoms with Crippen LogP contribution in [0.1, 0.15) is 24.8 Å². The van der Waals surface area contributed by atoms with Crippen molar-refractivity contribution in [2.24, 2.45) is 0 Å². The van der Waals surface area contributed by atoms with Gasteiger partial charge >= 0.3 is 0 Å². The van der Waals surface area contributed by atoms with Crippen LogP contribution in [-0.2, 0) is 4.84 Å². The molecule has 0 aliphatic rings. The van der Waals surface area contributed by atoms with Crippen molar-refractivity contribution in [1.29, 1.82) is 0 Å². The lowest BCUT2D eigenvalue weighted by Crippen LogP contribution is -2.19. The van der Waals surface area contributed by atoms with Crippen molar-refractivity contribution in [1.82, 2.24) is 5.06 Å². The van der Waals surface area contributed by atoms with E-state index in [0.717, 1.165) is 18.7 Å². The lowest BCUT2D eigenvalue weighted by atomic mass is 9.98. The van der Waals surface area contributed by atoms with Crippen LogP contribution < -0.4 is 5.73 Å². The first kappa shape index (κ1) is 12.0. The second kappa shape index (κ2) is 5.73. The number of nitrogen functional groups attached to an aromatic ring is 1. The van der Waals surface area contributed by atoms with Gasteiger partial charge in [0, 0.05) is 19.3 Å². The highest BCUT2D eigenvalue weighted by atomic mass is 16.7. The number of nitrogens with zero attached hydrogens (tertiary/aromatic N) is 1. The van der Waals surface area contributed by atoms with Gasteiger partial charge < -0.3 is 10.6 Å². The second-order valence-electron chi connectivity index (χ2n) is 3.89. The first-order valence-corrected chi connectivity index (χ1v) is 5.24. The summed E-state index contributed by atoms with van der Waals surface area (Å²) < 4.78 is 0. The van der Waals surface area contributed by atoms with E-state index in [1.54, 1.807) is 7.11 Å². The Morgan fingerprint density at radius 3 is 2.47 bits per heavy atom. The van der Waals surface area contributed by atoms with Crippen molar-refractivity contribution in [2.75, 3.05) is 26.4 Å². The zero-order valence-electron chi connectivity index (χ0n) is 9.73. The van der Waals surface area contributed by atoms with Crippen LogP contribution in [0.5, 0.6) is 0 Å². The van der Waals surface area contributed by atoms with Crippen molar-refractivity contribution < 1.29 is 4.84 Å². The highest BCUT2D eigenvalue weighted by Gasteiger charge is 2.06. The number of rotatable bonds is 5. The first-order chi connectivity index (χ1) is 7.13. The lowest BCUT2D eigenvalue weighted by molar-refractivity contribution is -0.110. The van der Waals surface area contributed by atoms with E-state index in [1.165, 1.54) is 5.56 Å². The van der Waals surface area contributed by atoms with Crippen molar-refractivity contribution >= 4 is 5.69 Å². The van der Waals surface area contributed by atoms with Gasteiger partial charge in [-0.2, -0.15) is 5.06 Å². The smallest absolute Gasteiger partial charge is 0.0575 e. The molecule has 0 saturated heterocycles. The number of anilines is 1. The minimum Gasteiger partial charge on any atom is -0.399 e. The molecule has 1 aromatic carbocycles. The van der Waals surface area contributed by atoms with Crippen molar-refractivity contribution in [3.63, 3.8) is 0 Å². The summed E-state index contributed by atoms with van der Waals surface area (Å²) in [4.78, 5) is 5.07. The number of nitrogens with two attached hydrogens (primary N) is 1. The number of hydrogen-bond donors (Lipinski definition) is 1. The molecule has 1 rings (SSSR count). The Morgan fingerprint density at radius 1 is 1.33 bits per heavy atom. The molecule has 0 aromatic heterocycles. The van der Waals surface area contributed by atoms with Gasteiger partial charge in [0.2, 0.25) is 0 Å². The molecule has 0 aliphatic carbocycles. The maximum atomic E-state index is 5.64. The van der Waals surface area contributed by atoms with Gasteiger partial charge in [-0.25, -0.2) is 0 Å². The normalized spacial score (nSPS) is 13.1. The molecule has 1 unspecified atom stereocenters. The summed E-state index contributed by atoms with van der Waals surface area (Å²) in [6, 6.07) is 8.08. The Labute approximate surface area is 91.8 Å². The molecule has 3 heteroatoms. The molecule has 0 radical (unpaired) electrons. The van der Waals surface area contributed by atoms with E-state index in [1.807, 2.05) is 24.2 Å². The molecule has 1 atom stereocenters. The van der Waals surface area contributed by atoms with Crippen LogP contribution in [0.2, 0.25) is 0 Å². The van der Waals surface area contributed by atoms with Gasteiger partial charge in [-0.3, -0.25) is 0 Å². The molecule has 0 spiro atoms. The fraction of sp³-hybridized carbons (Fsp3) is 0.500. The van der Waals surface area contributed by atoms with Crippen molar-refractivity contribution in [2.45, 2.75) is 19.3 Å². The summed E-state index contributed by atoms with van der Waals surface area (Å²) in [6.45, 7) is 3.15. The Balaban J connectivity index is 2.46. The second-order valence-corrected chi connectivity index (χ2v) is 3.89. The monoisotopic (exact) mass is 208 g/mol. The topological polar surface area (TPSA) is 38.5 Å². The minimum atomic E-state index is 0.531. The van der Waals surface area contributed by atoms with Crippen LogP contribution in [-0.4, -0.2) is 25.8 Å². The summed E-state index contributed by atoms with van der Waals surface area (Å²) in [5.74, 6) is 0.531. The molecule has 0 saturated carbocycles. The van der Waals surface area contributed by atoms with Gasteiger partial charge in [-0.05, 0) is 30.0 Å². The summed E-state index contributed by atoms with van der Waals surface area (Å²) in [7, 11) is 3.63. The van der Waals surface area contributed by atoms with Gasteiger partial charge in [0.05, 0.1) is 7.11 Å².